The average molecular weight is 413 g/mol. The van der Waals surface area contributed by atoms with E-state index >= 15 is 0 Å². The highest BCUT2D eigenvalue weighted by Gasteiger charge is 2.35. The number of ether oxygens (including phenoxy) is 2. The zero-order valence-corrected chi connectivity index (χ0v) is 17.6. The van der Waals surface area contributed by atoms with Crippen molar-refractivity contribution in [2.75, 3.05) is 37.4 Å². The van der Waals surface area contributed by atoms with Crippen LogP contribution in [0.1, 0.15) is 26.7 Å². The summed E-state index contributed by atoms with van der Waals surface area (Å²) in [6, 6.07) is 5.67. The fourth-order valence-corrected chi connectivity index (χ4v) is 4.57. The number of piperidine rings is 1. The SMILES string of the molecule is CCOC(=O)C1CCN(C(=O)C(C)N(c2cccc(OC)c2)S(C)(=O)=O)CC1. The fraction of sp³-hybridized carbons (Fsp3) is 0.579. The van der Waals surface area contributed by atoms with Crippen LogP contribution in [0.5, 0.6) is 5.75 Å². The van der Waals surface area contributed by atoms with E-state index in [9.17, 15) is 18.0 Å². The average Bonchev–Trinajstić information content (AvgIpc) is 2.67. The molecular formula is C19H28N2O6S. The Labute approximate surface area is 166 Å². The number of benzene rings is 1. The van der Waals surface area contributed by atoms with Crippen LogP contribution in [0.4, 0.5) is 5.69 Å². The highest BCUT2D eigenvalue weighted by Crippen LogP contribution is 2.27. The molecule has 9 heteroatoms. The Kier molecular flexibility index (Phi) is 7.29. The van der Waals surface area contributed by atoms with E-state index in [0.717, 1.165) is 10.6 Å². The molecule has 28 heavy (non-hydrogen) atoms. The molecule has 1 amide bonds. The number of hydrogen-bond donors (Lipinski definition) is 0. The summed E-state index contributed by atoms with van der Waals surface area (Å²) < 4.78 is 36.2. The van der Waals surface area contributed by atoms with Crippen molar-refractivity contribution in [3.63, 3.8) is 0 Å². The summed E-state index contributed by atoms with van der Waals surface area (Å²) in [6.45, 7) is 4.44. The number of rotatable bonds is 7. The number of hydrogen-bond acceptors (Lipinski definition) is 6. The molecule has 156 valence electrons. The predicted octanol–water partition coefficient (Wildman–Crippen LogP) is 1.65. The summed E-state index contributed by atoms with van der Waals surface area (Å²) >= 11 is 0. The largest absolute Gasteiger partial charge is 0.497 e. The molecule has 1 aromatic rings. The van der Waals surface area contributed by atoms with Crippen molar-refractivity contribution in [1.29, 1.82) is 0 Å². The topological polar surface area (TPSA) is 93.2 Å². The van der Waals surface area contributed by atoms with Crippen LogP contribution in [-0.2, 0) is 24.3 Å². The van der Waals surface area contributed by atoms with Crippen molar-refractivity contribution in [3.8, 4) is 5.75 Å². The molecule has 0 bridgehead atoms. The second-order valence-electron chi connectivity index (χ2n) is 6.79. The van der Waals surface area contributed by atoms with Gasteiger partial charge in [0.15, 0.2) is 0 Å². The number of anilines is 1. The zero-order valence-electron chi connectivity index (χ0n) is 16.8. The summed E-state index contributed by atoms with van der Waals surface area (Å²) in [4.78, 5) is 26.5. The van der Waals surface area contributed by atoms with E-state index in [2.05, 4.69) is 0 Å². The van der Waals surface area contributed by atoms with E-state index in [4.69, 9.17) is 9.47 Å². The summed E-state index contributed by atoms with van der Waals surface area (Å²) in [5.41, 5.74) is 0.365. The first kappa shape index (κ1) is 22.0. The summed E-state index contributed by atoms with van der Waals surface area (Å²) in [7, 11) is -2.21. The molecule has 1 atom stereocenters. The van der Waals surface area contributed by atoms with E-state index in [1.54, 1.807) is 43.0 Å². The molecule has 0 saturated carbocycles. The Hall–Kier alpha value is -2.29. The number of esters is 1. The van der Waals surface area contributed by atoms with Gasteiger partial charge in [0.1, 0.15) is 11.8 Å². The van der Waals surface area contributed by atoms with E-state index in [1.165, 1.54) is 7.11 Å². The number of carbonyl (C=O) groups is 2. The molecular weight excluding hydrogens is 384 g/mol. The van der Waals surface area contributed by atoms with Gasteiger partial charge in [-0.05, 0) is 38.8 Å². The van der Waals surface area contributed by atoms with Crippen molar-refractivity contribution in [1.82, 2.24) is 4.90 Å². The van der Waals surface area contributed by atoms with E-state index in [-0.39, 0.29) is 17.8 Å². The van der Waals surface area contributed by atoms with Gasteiger partial charge in [-0.2, -0.15) is 0 Å². The second kappa shape index (κ2) is 9.27. The fourth-order valence-electron chi connectivity index (χ4n) is 3.41. The lowest BCUT2D eigenvalue weighted by molar-refractivity contribution is -0.151. The van der Waals surface area contributed by atoms with Crippen molar-refractivity contribution in [2.45, 2.75) is 32.7 Å². The number of methoxy groups -OCH3 is 1. The Balaban J connectivity index is 2.16. The Bertz CT molecular complexity index is 802. The van der Waals surface area contributed by atoms with Gasteiger partial charge in [0, 0.05) is 19.2 Å². The number of amides is 1. The molecule has 0 aliphatic carbocycles. The predicted molar refractivity (Wildman–Crippen MR) is 106 cm³/mol. The Morgan fingerprint density at radius 3 is 2.46 bits per heavy atom. The van der Waals surface area contributed by atoms with Crippen molar-refractivity contribution < 1.29 is 27.5 Å². The lowest BCUT2D eigenvalue weighted by atomic mass is 9.96. The summed E-state index contributed by atoms with van der Waals surface area (Å²) in [5.74, 6) is -0.253. The van der Waals surface area contributed by atoms with Crippen LogP contribution in [0.3, 0.4) is 0 Å². The smallest absolute Gasteiger partial charge is 0.309 e. The summed E-state index contributed by atoms with van der Waals surface area (Å²) in [6.07, 6.45) is 2.09. The first-order chi connectivity index (χ1) is 13.2. The normalized spacial score (nSPS) is 16.4. The molecule has 1 heterocycles. The molecule has 1 saturated heterocycles. The minimum atomic E-state index is -3.70. The van der Waals surface area contributed by atoms with Crippen molar-refractivity contribution in [3.05, 3.63) is 24.3 Å². The highest BCUT2D eigenvalue weighted by molar-refractivity contribution is 7.92. The first-order valence-electron chi connectivity index (χ1n) is 9.28. The van der Waals surface area contributed by atoms with E-state index < -0.39 is 16.1 Å². The third-order valence-electron chi connectivity index (χ3n) is 4.80. The Morgan fingerprint density at radius 1 is 1.29 bits per heavy atom. The molecule has 1 unspecified atom stereocenters. The third kappa shape index (κ3) is 5.15. The molecule has 2 rings (SSSR count). The van der Waals surface area contributed by atoms with Crippen molar-refractivity contribution >= 4 is 27.6 Å². The standard InChI is InChI=1S/C19H28N2O6S/c1-5-27-19(23)15-9-11-20(12-10-15)18(22)14(2)21(28(4,24)25)16-7-6-8-17(13-16)26-3/h6-8,13-15H,5,9-12H2,1-4H3. The van der Waals surface area contributed by atoms with E-state index in [0.29, 0.717) is 44.0 Å². The van der Waals surface area contributed by atoms with Crippen LogP contribution in [0.15, 0.2) is 24.3 Å². The number of sulfonamides is 1. The van der Waals surface area contributed by atoms with Crippen LogP contribution in [-0.4, -0.2) is 64.3 Å². The molecule has 1 aliphatic heterocycles. The monoisotopic (exact) mass is 412 g/mol. The van der Waals surface area contributed by atoms with Gasteiger partial charge in [-0.1, -0.05) is 6.07 Å². The van der Waals surface area contributed by atoms with Crippen LogP contribution in [0.25, 0.3) is 0 Å². The molecule has 0 aromatic heterocycles. The first-order valence-corrected chi connectivity index (χ1v) is 11.1. The van der Waals surface area contributed by atoms with Crippen LogP contribution in [0.2, 0.25) is 0 Å². The maximum atomic E-state index is 13.0. The Morgan fingerprint density at radius 2 is 1.93 bits per heavy atom. The number of nitrogens with zero attached hydrogens (tertiary/aromatic N) is 2. The lowest BCUT2D eigenvalue weighted by Gasteiger charge is -2.36. The number of carbonyl (C=O) groups excluding carboxylic acids is 2. The molecule has 0 radical (unpaired) electrons. The maximum absolute atomic E-state index is 13.0. The number of likely N-dealkylation sites (tertiary alicyclic amines) is 1. The lowest BCUT2D eigenvalue weighted by Crippen LogP contribution is -2.51. The maximum Gasteiger partial charge on any atom is 0.309 e. The quantitative estimate of drug-likeness (QED) is 0.632. The van der Waals surface area contributed by atoms with Crippen LogP contribution >= 0.6 is 0 Å². The molecule has 1 fully saturated rings. The molecule has 0 N–H and O–H groups in total. The third-order valence-corrected chi connectivity index (χ3v) is 6.04. The minimum Gasteiger partial charge on any atom is -0.497 e. The second-order valence-corrected chi connectivity index (χ2v) is 8.65. The van der Waals surface area contributed by atoms with Gasteiger partial charge < -0.3 is 14.4 Å². The van der Waals surface area contributed by atoms with Crippen LogP contribution < -0.4 is 9.04 Å². The van der Waals surface area contributed by atoms with Gasteiger partial charge in [0.2, 0.25) is 15.9 Å². The summed E-state index contributed by atoms with van der Waals surface area (Å²) in [5, 5.41) is 0. The molecule has 1 aliphatic rings. The molecule has 0 spiro atoms. The van der Waals surface area contributed by atoms with Crippen molar-refractivity contribution in [2.24, 2.45) is 5.92 Å². The van der Waals surface area contributed by atoms with Gasteiger partial charge in [-0.3, -0.25) is 13.9 Å². The van der Waals surface area contributed by atoms with Gasteiger partial charge in [0.05, 0.1) is 31.6 Å². The van der Waals surface area contributed by atoms with Gasteiger partial charge in [-0.15, -0.1) is 0 Å². The van der Waals surface area contributed by atoms with Gasteiger partial charge >= 0.3 is 5.97 Å². The molecule has 1 aromatic carbocycles. The van der Waals surface area contributed by atoms with Gasteiger partial charge in [0.25, 0.3) is 0 Å². The zero-order chi connectivity index (χ0) is 20.9. The molecule has 8 nitrogen and oxygen atoms in total. The highest BCUT2D eigenvalue weighted by atomic mass is 32.2. The van der Waals surface area contributed by atoms with E-state index in [1.807, 2.05) is 0 Å². The van der Waals surface area contributed by atoms with Crippen LogP contribution in [0, 0.1) is 5.92 Å². The minimum absolute atomic E-state index is 0.219. The van der Waals surface area contributed by atoms with Gasteiger partial charge in [-0.25, -0.2) is 8.42 Å².